The summed E-state index contributed by atoms with van der Waals surface area (Å²) in [5.41, 5.74) is 13.1. The van der Waals surface area contributed by atoms with Crippen molar-refractivity contribution < 1.29 is 0 Å². The molecule has 1 aliphatic carbocycles. The Balaban J connectivity index is 2.43. The molecule has 3 aromatic rings. The molecular formula is C45H64Si. The van der Waals surface area contributed by atoms with Gasteiger partial charge in [-0.05, 0) is 106 Å². The smallest absolute Gasteiger partial charge is 0.0636 e. The number of rotatable bonds is 4. The van der Waals surface area contributed by atoms with Crippen LogP contribution in [0.1, 0.15) is 144 Å². The Hall–Kier alpha value is -2.64. The van der Waals surface area contributed by atoms with Gasteiger partial charge in [-0.1, -0.05) is 172 Å². The van der Waals surface area contributed by atoms with Gasteiger partial charge in [0.1, 0.15) is 0 Å². The Kier molecular flexibility index (Phi) is 9.29. The maximum absolute atomic E-state index is 2.87. The molecule has 1 heteroatoms. The van der Waals surface area contributed by atoms with Gasteiger partial charge in [-0.15, -0.1) is 0 Å². The molecule has 0 spiro atoms. The molecule has 1 aliphatic rings. The second-order valence-corrected chi connectivity index (χ2v) is 22.6. The first-order valence-corrected chi connectivity index (χ1v) is 19.6. The number of hydrogen-bond acceptors (Lipinski definition) is 0. The number of allylic oxidation sites excluding steroid dienone is 4. The molecule has 0 aromatic heterocycles. The Morgan fingerprint density at radius 3 is 0.978 bits per heavy atom. The summed E-state index contributed by atoms with van der Waals surface area (Å²) in [7, 11) is -2.87. The molecule has 0 bridgehead atoms. The van der Waals surface area contributed by atoms with E-state index >= 15 is 0 Å². The molecule has 1 unspecified atom stereocenters. The minimum absolute atomic E-state index is 0.0251. The topological polar surface area (TPSA) is 0 Å². The standard InChI is InChI=1S/C45H64Si/c1-28-19-29(2)21-38(20-28)46(41-32(5)30(3)31(4)33(41)6,39-24-34(42(7,8)9)22-35(25-39)43(10,11)12)40-26-36(44(13,14)15)23-37(27-40)45(16,17)18/h19-27,32H,1-18H3. The largest absolute Gasteiger partial charge is 0.176 e. The normalized spacial score (nSPS) is 17.0. The van der Waals surface area contributed by atoms with E-state index in [4.69, 9.17) is 0 Å². The summed E-state index contributed by atoms with van der Waals surface area (Å²) < 4.78 is 0. The van der Waals surface area contributed by atoms with Crippen LogP contribution >= 0.6 is 0 Å². The van der Waals surface area contributed by atoms with E-state index in [2.05, 4.69) is 179 Å². The van der Waals surface area contributed by atoms with E-state index in [9.17, 15) is 0 Å². The van der Waals surface area contributed by atoms with Crippen LogP contribution < -0.4 is 15.6 Å². The maximum atomic E-state index is 2.63. The Labute approximate surface area is 284 Å². The molecular weight excluding hydrogens is 569 g/mol. The molecule has 0 amide bonds. The second kappa shape index (κ2) is 11.8. The van der Waals surface area contributed by atoms with E-state index in [1.807, 2.05) is 0 Å². The van der Waals surface area contributed by atoms with E-state index in [1.165, 1.54) is 65.7 Å². The van der Waals surface area contributed by atoms with Crippen molar-refractivity contribution in [2.45, 2.75) is 146 Å². The highest BCUT2D eigenvalue weighted by Crippen LogP contribution is 2.43. The van der Waals surface area contributed by atoms with Gasteiger partial charge >= 0.3 is 0 Å². The molecule has 0 fully saturated rings. The van der Waals surface area contributed by atoms with E-state index in [-0.39, 0.29) is 21.7 Å². The summed E-state index contributed by atoms with van der Waals surface area (Å²) >= 11 is 0. The lowest BCUT2D eigenvalue weighted by Crippen LogP contribution is -2.70. The summed E-state index contributed by atoms with van der Waals surface area (Å²) in [5.74, 6) is 0.375. The van der Waals surface area contributed by atoms with Gasteiger partial charge in [0.15, 0.2) is 8.07 Å². The van der Waals surface area contributed by atoms with Gasteiger partial charge < -0.3 is 0 Å². The average Bonchev–Trinajstić information content (AvgIpc) is 3.09. The number of hydrogen-bond donors (Lipinski definition) is 0. The Bertz CT molecular complexity index is 1550. The van der Waals surface area contributed by atoms with Crippen LogP contribution in [0.3, 0.4) is 0 Å². The van der Waals surface area contributed by atoms with Gasteiger partial charge in [-0.3, -0.25) is 0 Å². The lowest BCUT2D eigenvalue weighted by atomic mass is 9.81. The van der Waals surface area contributed by atoms with Crippen LogP contribution in [0.5, 0.6) is 0 Å². The zero-order valence-electron chi connectivity index (χ0n) is 32.8. The first-order valence-electron chi connectivity index (χ1n) is 17.6. The van der Waals surface area contributed by atoms with Crippen LogP contribution in [0.4, 0.5) is 0 Å². The summed E-state index contributed by atoms with van der Waals surface area (Å²) in [6.45, 7) is 42.9. The van der Waals surface area contributed by atoms with Crippen LogP contribution in [-0.2, 0) is 21.7 Å². The van der Waals surface area contributed by atoms with Crippen molar-refractivity contribution in [1.29, 1.82) is 0 Å². The zero-order valence-corrected chi connectivity index (χ0v) is 33.8. The van der Waals surface area contributed by atoms with Crippen molar-refractivity contribution in [3.8, 4) is 0 Å². The highest BCUT2D eigenvalue weighted by atomic mass is 28.3. The van der Waals surface area contributed by atoms with Crippen LogP contribution in [0.25, 0.3) is 0 Å². The lowest BCUT2D eigenvalue weighted by molar-refractivity contribution is 0.569. The Morgan fingerprint density at radius 1 is 0.413 bits per heavy atom. The van der Waals surface area contributed by atoms with Gasteiger partial charge in [-0.2, -0.15) is 0 Å². The van der Waals surface area contributed by atoms with Crippen molar-refractivity contribution in [3.05, 3.63) is 110 Å². The molecule has 0 N–H and O–H groups in total. The fraction of sp³-hybridized carbons (Fsp3) is 0.511. The first kappa shape index (κ1) is 36.2. The average molecular weight is 633 g/mol. The summed E-state index contributed by atoms with van der Waals surface area (Å²) in [4.78, 5) is 0. The fourth-order valence-corrected chi connectivity index (χ4v) is 13.5. The monoisotopic (exact) mass is 632 g/mol. The molecule has 0 saturated heterocycles. The maximum Gasteiger partial charge on any atom is 0.176 e. The van der Waals surface area contributed by atoms with Crippen molar-refractivity contribution in [1.82, 2.24) is 0 Å². The predicted octanol–water partition coefficient (Wildman–Crippen LogP) is 10.8. The molecule has 0 aliphatic heterocycles. The van der Waals surface area contributed by atoms with Crippen molar-refractivity contribution >= 4 is 23.6 Å². The molecule has 46 heavy (non-hydrogen) atoms. The molecule has 0 nitrogen and oxygen atoms in total. The quantitative estimate of drug-likeness (QED) is 0.198. The molecule has 0 radical (unpaired) electrons. The molecule has 0 saturated carbocycles. The lowest BCUT2D eigenvalue weighted by Gasteiger charge is -2.42. The van der Waals surface area contributed by atoms with Crippen LogP contribution in [0.2, 0.25) is 0 Å². The highest BCUT2D eigenvalue weighted by molar-refractivity contribution is 7.16. The third kappa shape index (κ3) is 6.56. The summed E-state index contributed by atoms with van der Waals surface area (Å²) in [5, 5.41) is 6.25. The molecule has 4 rings (SSSR count). The Morgan fingerprint density at radius 2 is 0.717 bits per heavy atom. The predicted molar refractivity (Wildman–Crippen MR) is 208 cm³/mol. The zero-order chi connectivity index (χ0) is 34.9. The van der Waals surface area contributed by atoms with E-state index in [0.717, 1.165) is 0 Å². The molecule has 3 aromatic carbocycles. The van der Waals surface area contributed by atoms with Crippen LogP contribution in [0, 0.1) is 19.8 Å². The third-order valence-corrected chi connectivity index (χ3v) is 16.0. The van der Waals surface area contributed by atoms with Gasteiger partial charge in [0.25, 0.3) is 0 Å². The minimum atomic E-state index is -2.87. The van der Waals surface area contributed by atoms with Gasteiger partial charge in [0.05, 0.1) is 0 Å². The van der Waals surface area contributed by atoms with Crippen molar-refractivity contribution in [3.63, 3.8) is 0 Å². The second-order valence-electron chi connectivity index (χ2n) is 18.8. The molecule has 1 atom stereocenters. The summed E-state index contributed by atoms with van der Waals surface area (Å²) in [6, 6.07) is 23.0. The van der Waals surface area contributed by atoms with Gasteiger partial charge in [0, 0.05) is 0 Å². The molecule has 248 valence electrons. The fourth-order valence-electron chi connectivity index (χ4n) is 7.55. The number of benzene rings is 3. The minimum Gasteiger partial charge on any atom is -0.0636 e. The number of aryl methyl sites for hydroxylation is 2. The van der Waals surface area contributed by atoms with Crippen molar-refractivity contribution in [2.75, 3.05) is 0 Å². The highest BCUT2D eigenvalue weighted by Gasteiger charge is 2.49. The SMILES string of the molecule is CC1=C(C)C(C)C([Si](c2cc(C)cc(C)c2)(c2cc(C(C)(C)C)cc(C(C)(C)C)c2)c2cc(C(C)(C)C)cc(C(C)(C)C)c2)=C1C. The van der Waals surface area contributed by atoms with E-state index in [0.29, 0.717) is 5.92 Å². The van der Waals surface area contributed by atoms with Crippen LogP contribution in [-0.4, -0.2) is 8.07 Å². The van der Waals surface area contributed by atoms with Gasteiger partial charge in [-0.25, -0.2) is 0 Å². The first-order chi connectivity index (χ1) is 20.8. The van der Waals surface area contributed by atoms with Crippen molar-refractivity contribution in [2.24, 2.45) is 5.92 Å². The van der Waals surface area contributed by atoms with Crippen LogP contribution in [0.15, 0.2) is 76.5 Å². The van der Waals surface area contributed by atoms with Gasteiger partial charge in [0.2, 0.25) is 0 Å². The summed E-state index contributed by atoms with van der Waals surface area (Å²) in [6.07, 6.45) is 0. The molecule has 0 heterocycles. The van der Waals surface area contributed by atoms with E-state index in [1.54, 1.807) is 5.20 Å². The third-order valence-electron chi connectivity index (χ3n) is 10.9. The van der Waals surface area contributed by atoms with E-state index < -0.39 is 8.07 Å².